The molecular weight excluding hydrogens is 312 g/mol. The van der Waals surface area contributed by atoms with E-state index in [4.69, 9.17) is 16.3 Å². The molecule has 0 aromatic carbocycles. The minimum Gasteiger partial charge on any atom is -0.378 e. The lowest BCUT2D eigenvalue weighted by atomic mass is 10.4. The van der Waals surface area contributed by atoms with Crippen molar-refractivity contribution in [2.24, 2.45) is 0 Å². The average molecular weight is 327 g/mol. The van der Waals surface area contributed by atoms with Crippen LogP contribution in [-0.4, -0.2) is 46.2 Å². The van der Waals surface area contributed by atoms with E-state index < -0.39 is 0 Å². The van der Waals surface area contributed by atoms with E-state index in [1.807, 2.05) is 17.3 Å². The summed E-state index contributed by atoms with van der Waals surface area (Å²) in [5.74, 6) is 1.06. The molecule has 0 amide bonds. The Morgan fingerprint density at radius 1 is 1.33 bits per heavy atom. The number of rotatable bonds is 4. The molecule has 0 aliphatic carbocycles. The third-order valence-corrected chi connectivity index (χ3v) is 4.25. The molecule has 2 aromatic rings. The number of nitrogens with zero attached hydrogens (tertiary/aromatic N) is 5. The zero-order chi connectivity index (χ0) is 14.7. The van der Waals surface area contributed by atoms with Crippen molar-refractivity contribution in [3.63, 3.8) is 0 Å². The van der Waals surface area contributed by atoms with Gasteiger partial charge in [0.05, 0.1) is 31.0 Å². The second-order valence-electron chi connectivity index (χ2n) is 4.54. The summed E-state index contributed by atoms with van der Waals surface area (Å²) in [6, 6.07) is 0. The van der Waals surface area contributed by atoms with Crippen LogP contribution in [0, 0.1) is 6.92 Å². The maximum absolute atomic E-state index is 5.99. The summed E-state index contributed by atoms with van der Waals surface area (Å²) in [6.07, 6.45) is 0. The van der Waals surface area contributed by atoms with Gasteiger partial charge >= 0.3 is 0 Å². The Labute approximate surface area is 131 Å². The van der Waals surface area contributed by atoms with Crippen molar-refractivity contribution >= 4 is 34.8 Å². The topological polar surface area (TPSA) is 76.1 Å². The Kier molecular flexibility index (Phi) is 4.47. The van der Waals surface area contributed by atoms with Gasteiger partial charge in [-0.05, 0) is 18.5 Å². The van der Waals surface area contributed by atoms with Crippen LogP contribution in [0.5, 0.6) is 0 Å². The van der Waals surface area contributed by atoms with Gasteiger partial charge in [-0.2, -0.15) is 15.0 Å². The normalized spacial score (nSPS) is 15.2. The van der Waals surface area contributed by atoms with E-state index in [1.54, 1.807) is 11.3 Å². The molecular formula is C12H15ClN6OS. The molecule has 3 rings (SSSR count). The van der Waals surface area contributed by atoms with Crippen LogP contribution in [0.15, 0.2) is 5.51 Å². The number of morpholine rings is 1. The summed E-state index contributed by atoms with van der Waals surface area (Å²) in [6.45, 7) is 5.46. The fourth-order valence-electron chi connectivity index (χ4n) is 1.98. The van der Waals surface area contributed by atoms with Crippen LogP contribution in [0.25, 0.3) is 0 Å². The number of ether oxygens (including phenoxy) is 1. The van der Waals surface area contributed by atoms with Gasteiger partial charge in [-0.15, -0.1) is 11.3 Å². The van der Waals surface area contributed by atoms with E-state index in [-0.39, 0.29) is 5.28 Å². The first-order chi connectivity index (χ1) is 10.2. The van der Waals surface area contributed by atoms with Crippen LogP contribution < -0.4 is 10.2 Å². The van der Waals surface area contributed by atoms with Crippen LogP contribution in [-0.2, 0) is 11.3 Å². The second-order valence-corrected chi connectivity index (χ2v) is 5.82. The molecule has 1 N–H and O–H groups in total. The van der Waals surface area contributed by atoms with Crippen LogP contribution in [0.2, 0.25) is 5.28 Å². The van der Waals surface area contributed by atoms with Gasteiger partial charge < -0.3 is 15.0 Å². The Morgan fingerprint density at radius 3 is 2.86 bits per heavy atom. The molecule has 0 bridgehead atoms. The summed E-state index contributed by atoms with van der Waals surface area (Å²) >= 11 is 7.59. The number of hydrogen-bond acceptors (Lipinski definition) is 8. The highest BCUT2D eigenvalue weighted by molar-refractivity contribution is 7.09. The third-order valence-electron chi connectivity index (χ3n) is 3.14. The fourth-order valence-corrected chi connectivity index (χ4v) is 2.85. The van der Waals surface area contributed by atoms with Gasteiger partial charge in [0.1, 0.15) is 0 Å². The van der Waals surface area contributed by atoms with E-state index in [0.717, 1.165) is 23.7 Å². The maximum Gasteiger partial charge on any atom is 0.231 e. The van der Waals surface area contributed by atoms with Crippen molar-refractivity contribution in [3.05, 3.63) is 21.4 Å². The van der Waals surface area contributed by atoms with E-state index >= 15 is 0 Å². The lowest BCUT2D eigenvalue weighted by Crippen LogP contribution is -2.37. The first-order valence-electron chi connectivity index (χ1n) is 6.59. The van der Waals surface area contributed by atoms with Crippen LogP contribution >= 0.6 is 22.9 Å². The average Bonchev–Trinajstić information content (AvgIpc) is 2.91. The highest BCUT2D eigenvalue weighted by atomic mass is 35.5. The standard InChI is InChI=1S/C12H15ClN6OS/c1-8-9(21-7-15-8)6-14-11-16-10(13)17-12(18-11)19-2-4-20-5-3-19/h7H,2-6H2,1H3,(H,14,16,17,18). The number of anilines is 2. The van der Waals surface area contributed by atoms with Crippen molar-refractivity contribution in [1.29, 1.82) is 0 Å². The molecule has 3 heterocycles. The molecule has 1 aliphatic heterocycles. The predicted molar refractivity (Wildman–Crippen MR) is 82.0 cm³/mol. The van der Waals surface area contributed by atoms with Crippen molar-refractivity contribution in [3.8, 4) is 0 Å². The molecule has 2 aromatic heterocycles. The highest BCUT2D eigenvalue weighted by Crippen LogP contribution is 2.17. The molecule has 0 saturated carbocycles. The number of hydrogen-bond donors (Lipinski definition) is 1. The Balaban J connectivity index is 1.73. The quantitative estimate of drug-likeness (QED) is 0.917. The van der Waals surface area contributed by atoms with Gasteiger partial charge in [0.2, 0.25) is 17.2 Å². The van der Waals surface area contributed by atoms with E-state index in [9.17, 15) is 0 Å². The van der Waals surface area contributed by atoms with Gasteiger partial charge in [-0.1, -0.05) is 0 Å². The monoisotopic (exact) mass is 326 g/mol. The van der Waals surface area contributed by atoms with Gasteiger partial charge in [-0.25, -0.2) is 4.98 Å². The van der Waals surface area contributed by atoms with Gasteiger partial charge in [0.25, 0.3) is 0 Å². The van der Waals surface area contributed by atoms with Gasteiger partial charge in [0.15, 0.2) is 0 Å². The molecule has 0 unspecified atom stereocenters. The molecule has 1 aliphatic rings. The molecule has 9 heteroatoms. The SMILES string of the molecule is Cc1ncsc1CNc1nc(Cl)nc(N2CCOCC2)n1. The first-order valence-corrected chi connectivity index (χ1v) is 7.85. The smallest absolute Gasteiger partial charge is 0.231 e. The van der Waals surface area contributed by atoms with Crippen LogP contribution in [0.4, 0.5) is 11.9 Å². The largest absolute Gasteiger partial charge is 0.378 e. The number of aromatic nitrogens is 4. The number of thiazole rings is 1. The summed E-state index contributed by atoms with van der Waals surface area (Å²) in [4.78, 5) is 20.1. The molecule has 0 radical (unpaired) electrons. The second kappa shape index (κ2) is 6.50. The summed E-state index contributed by atoms with van der Waals surface area (Å²) in [5.41, 5.74) is 2.84. The maximum atomic E-state index is 5.99. The Bertz CT molecular complexity index is 616. The minimum absolute atomic E-state index is 0.190. The number of halogens is 1. The molecule has 112 valence electrons. The Morgan fingerprint density at radius 2 is 2.14 bits per heavy atom. The van der Waals surface area contributed by atoms with Gasteiger partial charge in [-0.3, -0.25) is 0 Å². The van der Waals surface area contributed by atoms with E-state index in [0.29, 0.717) is 31.7 Å². The third kappa shape index (κ3) is 3.58. The van der Waals surface area contributed by atoms with Crippen LogP contribution in [0.1, 0.15) is 10.6 Å². The molecule has 1 fully saturated rings. The molecule has 21 heavy (non-hydrogen) atoms. The van der Waals surface area contributed by atoms with Crippen molar-refractivity contribution in [2.45, 2.75) is 13.5 Å². The zero-order valence-electron chi connectivity index (χ0n) is 11.5. The van der Waals surface area contributed by atoms with Gasteiger partial charge in [0, 0.05) is 18.0 Å². The summed E-state index contributed by atoms with van der Waals surface area (Å²) in [5, 5.41) is 3.36. The lowest BCUT2D eigenvalue weighted by molar-refractivity contribution is 0.122. The molecule has 0 atom stereocenters. The number of aryl methyl sites for hydroxylation is 1. The minimum atomic E-state index is 0.190. The molecule has 0 spiro atoms. The first kappa shape index (κ1) is 14.4. The molecule has 1 saturated heterocycles. The van der Waals surface area contributed by atoms with Crippen molar-refractivity contribution in [1.82, 2.24) is 19.9 Å². The summed E-state index contributed by atoms with van der Waals surface area (Å²) in [7, 11) is 0. The fraction of sp³-hybridized carbons (Fsp3) is 0.500. The van der Waals surface area contributed by atoms with Crippen molar-refractivity contribution in [2.75, 3.05) is 36.5 Å². The zero-order valence-corrected chi connectivity index (χ0v) is 13.1. The number of nitrogens with one attached hydrogen (secondary N) is 1. The predicted octanol–water partition coefficient (Wildman–Crippen LogP) is 1.74. The van der Waals surface area contributed by atoms with E-state index in [1.165, 1.54) is 0 Å². The van der Waals surface area contributed by atoms with Crippen LogP contribution in [0.3, 0.4) is 0 Å². The molecule has 7 nitrogen and oxygen atoms in total. The highest BCUT2D eigenvalue weighted by Gasteiger charge is 2.16. The van der Waals surface area contributed by atoms with E-state index in [2.05, 4.69) is 25.3 Å². The Hall–Kier alpha value is -1.51. The summed E-state index contributed by atoms with van der Waals surface area (Å²) < 4.78 is 5.32. The lowest BCUT2D eigenvalue weighted by Gasteiger charge is -2.26. The van der Waals surface area contributed by atoms with Crippen molar-refractivity contribution < 1.29 is 4.74 Å².